The molecule has 1 aromatic carbocycles. The van der Waals surface area contributed by atoms with Crippen molar-refractivity contribution in [2.24, 2.45) is 17.8 Å². The highest BCUT2D eigenvalue weighted by atomic mass is 16.5. The first kappa shape index (κ1) is 20.3. The number of carbonyl (C=O) groups is 2. The number of hydrogen-bond donors (Lipinski definition) is 2. The van der Waals surface area contributed by atoms with Gasteiger partial charge in [-0.1, -0.05) is 30.3 Å². The van der Waals surface area contributed by atoms with E-state index in [2.05, 4.69) is 0 Å². The molecule has 6 heteroatoms. The third kappa shape index (κ3) is 3.89. The van der Waals surface area contributed by atoms with Crippen LogP contribution in [0, 0.1) is 17.8 Å². The molecule has 5 atom stereocenters. The van der Waals surface area contributed by atoms with E-state index in [1.807, 2.05) is 35.2 Å². The summed E-state index contributed by atoms with van der Waals surface area (Å²) in [6.45, 7) is 1.99. The van der Waals surface area contributed by atoms with Crippen molar-refractivity contribution in [3.05, 3.63) is 47.5 Å². The van der Waals surface area contributed by atoms with Gasteiger partial charge in [0.15, 0.2) is 5.78 Å². The van der Waals surface area contributed by atoms with E-state index in [0.29, 0.717) is 18.9 Å². The van der Waals surface area contributed by atoms with Gasteiger partial charge in [-0.25, -0.2) is 0 Å². The van der Waals surface area contributed by atoms with E-state index in [9.17, 15) is 19.8 Å². The van der Waals surface area contributed by atoms with Gasteiger partial charge in [-0.15, -0.1) is 0 Å². The minimum absolute atomic E-state index is 0.0998. The molecule has 6 nitrogen and oxygen atoms in total. The smallest absolute Gasteiger partial charge is 0.325 e. The molecule has 0 unspecified atom stereocenters. The Morgan fingerprint density at radius 2 is 1.97 bits per heavy atom. The standard InChI is InChI=1S/C23H29NO5/c1-2-29-23(28)17(13-25)24-12-16-11-18(26)20(15-8-9-15)21(16)22(24)19(27)10-14-6-4-3-5-7-14/h3-7,11,15,17,19-22,25,27H,2,8-10,12-13H2,1H3/t17-,19-,20-,21-,22-/m0/s1. The van der Waals surface area contributed by atoms with E-state index in [-0.39, 0.29) is 30.8 Å². The number of aliphatic hydroxyl groups excluding tert-OH is 2. The van der Waals surface area contributed by atoms with E-state index in [4.69, 9.17) is 4.74 Å². The number of aliphatic hydroxyl groups is 2. The van der Waals surface area contributed by atoms with Crippen molar-refractivity contribution >= 4 is 11.8 Å². The molecule has 156 valence electrons. The van der Waals surface area contributed by atoms with E-state index >= 15 is 0 Å². The van der Waals surface area contributed by atoms with Gasteiger partial charge in [-0.3, -0.25) is 14.5 Å². The lowest BCUT2D eigenvalue weighted by atomic mass is 9.80. The van der Waals surface area contributed by atoms with Gasteiger partial charge in [0.05, 0.1) is 19.3 Å². The number of ether oxygens (including phenoxy) is 1. The van der Waals surface area contributed by atoms with Crippen molar-refractivity contribution in [1.82, 2.24) is 4.90 Å². The summed E-state index contributed by atoms with van der Waals surface area (Å²) < 4.78 is 5.17. The molecule has 2 fully saturated rings. The number of rotatable bonds is 8. The van der Waals surface area contributed by atoms with Crippen LogP contribution in [-0.2, 0) is 20.7 Å². The SMILES string of the molecule is CCOC(=O)[C@H](CO)N1CC2=CC(=O)[C@H](C3CC3)[C@H]2[C@@H]1[C@@H](O)Cc1ccccc1. The second-order valence-electron chi connectivity index (χ2n) is 8.38. The molecule has 1 heterocycles. The van der Waals surface area contributed by atoms with E-state index in [1.54, 1.807) is 13.0 Å². The molecule has 1 saturated heterocycles. The molecular weight excluding hydrogens is 370 g/mol. The molecule has 2 N–H and O–H groups in total. The summed E-state index contributed by atoms with van der Waals surface area (Å²) in [7, 11) is 0. The van der Waals surface area contributed by atoms with Gasteiger partial charge in [0.25, 0.3) is 0 Å². The van der Waals surface area contributed by atoms with Gasteiger partial charge in [-0.2, -0.15) is 0 Å². The molecule has 0 amide bonds. The summed E-state index contributed by atoms with van der Waals surface area (Å²) in [4.78, 5) is 27.0. The van der Waals surface area contributed by atoms with Gasteiger partial charge in [0, 0.05) is 24.4 Å². The summed E-state index contributed by atoms with van der Waals surface area (Å²) >= 11 is 0. The first-order chi connectivity index (χ1) is 14.0. The molecule has 3 aliphatic rings. The average molecular weight is 399 g/mol. The number of hydrogen-bond acceptors (Lipinski definition) is 6. The number of likely N-dealkylation sites (tertiary alicyclic amines) is 1. The Labute approximate surface area is 171 Å². The van der Waals surface area contributed by atoms with E-state index in [0.717, 1.165) is 24.0 Å². The monoisotopic (exact) mass is 399 g/mol. The molecule has 0 bridgehead atoms. The number of esters is 1. The highest BCUT2D eigenvalue weighted by Gasteiger charge is 2.56. The summed E-state index contributed by atoms with van der Waals surface area (Å²) in [5.41, 5.74) is 1.98. The van der Waals surface area contributed by atoms with Crippen LogP contribution >= 0.6 is 0 Å². The second-order valence-corrected chi connectivity index (χ2v) is 8.38. The van der Waals surface area contributed by atoms with Crippen LogP contribution in [0.25, 0.3) is 0 Å². The molecule has 0 radical (unpaired) electrons. The Bertz CT molecular complexity index is 788. The zero-order valence-corrected chi connectivity index (χ0v) is 16.7. The predicted molar refractivity (Wildman–Crippen MR) is 107 cm³/mol. The molecule has 1 aromatic rings. The maximum absolute atomic E-state index is 12.7. The number of nitrogens with zero attached hydrogens (tertiary/aromatic N) is 1. The van der Waals surface area contributed by atoms with Crippen molar-refractivity contribution in [2.45, 2.75) is 44.4 Å². The van der Waals surface area contributed by atoms with E-state index < -0.39 is 24.2 Å². The maximum atomic E-state index is 12.7. The van der Waals surface area contributed by atoms with Crippen molar-refractivity contribution in [2.75, 3.05) is 19.8 Å². The Morgan fingerprint density at radius 3 is 2.59 bits per heavy atom. The highest BCUT2D eigenvalue weighted by Crippen LogP contribution is 2.52. The highest BCUT2D eigenvalue weighted by molar-refractivity contribution is 5.96. The zero-order valence-electron chi connectivity index (χ0n) is 16.7. The first-order valence-electron chi connectivity index (χ1n) is 10.5. The fourth-order valence-electron chi connectivity index (χ4n) is 5.18. The summed E-state index contributed by atoms with van der Waals surface area (Å²) in [6, 6.07) is 8.48. The fraction of sp³-hybridized carbons (Fsp3) is 0.565. The van der Waals surface area contributed by atoms with Crippen LogP contribution in [0.4, 0.5) is 0 Å². The minimum Gasteiger partial charge on any atom is -0.465 e. The number of benzene rings is 1. The Morgan fingerprint density at radius 1 is 1.24 bits per heavy atom. The van der Waals surface area contributed by atoms with Gasteiger partial charge in [0.1, 0.15) is 6.04 Å². The summed E-state index contributed by atoms with van der Waals surface area (Å²) in [5, 5.41) is 21.2. The normalized spacial score (nSPS) is 28.7. The minimum atomic E-state index is -0.841. The fourth-order valence-corrected chi connectivity index (χ4v) is 5.18. The number of ketones is 1. The lowest BCUT2D eigenvalue weighted by Crippen LogP contribution is -2.54. The maximum Gasteiger partial charge on any atom is 0.325 e. The molecule has 1 aliphatic heterocycles. The average Bonchev–Trinajstić information content (AvgIpc) is 3.39. The molecule has 2 aliphatic carbocycles. The first-order valence-corrected chi connectivity index (χ1v) is 10.5. The van der Waals surface area contributed by atoms with Crippen LogP contribution in [0.5, 0.6) is 0 Å². The van der Waals surface area contributed by atoms with Crippen molar-refractivity contribution < 1.29 is 24.5 Å². The van der Waals surface area contributed by atoms with Gasteiger partial charge in [0.2, 0.25) is 0 Å². The van der Waals surface area contributed by atoms with Gasteiger partial charge < -0.3 is 14.9 Å². The van der Waals surface area contributed by atoms with Crippen molar-refractivity contribution in [3.63, 3.8) is 0 Å². The van der Waals surface area contributed by atoms with Crippen LogP contribution in [-0.4, -0.2) is 64.8 Å². The largest absolute Gasteiger partial charge is 0.465 e. The zero-order chi connectivity index (χ0) is 20.5. The number of allylic oxidation sites excluding steroid dienone is 1. The third-order valence-corrected chi connectivity index (χ3v) is 6.53. The number of carbonyl (C=O) groups excluding carboxylic acids is 2. The quantitative estimate of drug-likeness (QED) is 0.642. The van der Waals surface area contributed by atoms with Crippen LogP contribution in [0.15, 0.2) is 42.0 Å². The summed E-state index contributed by atoms with van der Waals surface area (Å²) in [6.07, 6.45) is 3.46. The third-order valence-electron chi connectivity index (χ3n) is 6.53. The van der Waals surface area contributed by atoms with Crippen LogP contribution in [0.1, 0.15) is 25.3 Å². The van der Waals surface area contributed by atoms with Crippen LogP contribution < -0.4 is 0 Å². The Balaban J connectivity index is 1.65. The second kappa shape index (κ2) is 8.38. The molecule has 1 saturated carbocycles. The molecule has 0 aromatic heterocycles. The van der Waals surface area contributed by atoms with Gasteiger partial charge >= 0.3 is 5.97 Å². The molecular formula is C23H29NO5. The number of fused-ring (bicyclic) bond motifs is 1. The molecule has 0 spiro atoms. The van der Waals surface area contributed by atoms with Crippen molar-refractivity contribution in [3.8, 4) is 0 Å². The Kier molecular flexibility index (Phi) is 5.86. The topological polar surface area (TPSA) is 87.1 Å². The molecule has 29 heavy (non-hydrogen) atoms. The Hall–Kier alpha value is -2.02. The van der Waals surface area contributed by atoms with Gasteiger partial charge in [-0.05, 0) is 49.3 Å². The van der Waals surface area contributed by atoms with Crippen LogP contribution in [0.3, 0.4) is 0 Å². The van der Waals surface area contributed by atoms with Crippen LogP contribution in [0.2, 0.25) is 0 Å². The summed E-state index contributed by atoms with van der Waals surface area (Å²) in [5.74, 6) is -0.186. The lowest BCUT2D eigenvalue weighted by Gasteiger charge is -2.37. The lowest BCUT2D eigenvalue weighted by molar-refractivity contribution is -0.153. The van der Waals surface area contributed by atoms with E-state index in [1.165, 1.54) is 0 Å². The van der Waals surface area contributed by atoms with Crippen molar-refractivity contribution in [1.29, 1.82) is 0 Å². The molecule has 4 rings (SSSR count). The predicted octanol–water partition coefficient (Wildman–Crippen LogP) is 1.35.